The van der Waals surface area contributed by atoms with E-state index in [0.29, 0.717) is 11.3 Å². The van der Waals surface area contributed by atoms with Crippen molar-refractivity contribution >= 4 is 17.3 Å². The molecule has 0 radical (unpaired) electrons. The number of carbonyl (C=O) groups excluding carboxylic acids is 1. The first-order valence-corrected chi connectivity index (χ1v) is 9.80. The van der Waals surface area contributed by atoms with Gasteiger partial charge < -0.3 is 15.1 Å². The van der Waals surface area contributed by atoms with Crippen molar-refractivity contribution in [2.75, 3.05) is 42.9 Å². The SMILES string of the molecule is CCN1CCN(c2ccc(NC(=O)Cc3ccc(C(F)(F)F)cc3)cc2C)CC1. The molecule has 1 aliphatic heterocycles. The summed E-state index contributed by atoms with van der Waals surface area (Å²) in [5.74, 6) is -0.256. The van der Waals surface area contributed by atoms with Gasteiger partial charge in [-0.2, -0.15) is 13.2 Å². The fourth-order valence-corrected chi connectivity index (χ4v) is 3.60. The maximum atomic E-state index is 12.6. The van der Waals surface area contributed by atoms with Crippen LogP contribution in [0.5, 0.6) is 0 Å². The van der Waals surface area contributed by atoms with E-state index in [9.17, 15) is 18.0 Å². The molecule has 0 bridgehead atoms. The second-order valence-electron chi connectivity index (χ2n) is 7.34. The predicted molar refractivity (Wildman–Crippen MR) is 109 cm³/mol. The first-order chi connectivity index (χ1) is 13.8. The third kappa shape index (κ3) is 5.50. The molecule has 1 aliphatic rings. The van der Waals surface area contributed by atoms with Crippen LogP contribution in [0.2, 0.25) is 0 Å². The number of amides is 1. The Morgan fingerprint density at radius 1 is 1.03 bits per heavy atom. The first kappa shape index (κ1) is 21.2. The third-order valence-corrected chi connectivity index (χ3v) is 5.29. The van der Waals surface area contributed by atoms with Crippen molar-refractivity contribution in [1.29, 1.82) is 0 Å². The fourth-order valence-electron chi connectivity index (χ4n) is 3.60. The molecule has 7 heteroatoms. The van der Waals surface area contributed by atoms with Crippen molar-refractivity contribution < 1.29 is 18.0 Å². The summed E-state index contributed by atoms with van der Waals surface area (Å²) in [6.07, 6.45) is -4.35. The number of hydrogen-bond acceptors (Lipinski definition) is 3. The highest BCUT2D eigenvalue weighted by atomic mass is 19.4. The van der Waals surface area contributed by atoms with E-state index < -0.39 is 11.7 Å². The van der Waals surface area contributed by atoms with Crippen LogP contribution >= 0.6 is 0 Å². The number of anilines is 2. The van der Waals surface area contributed by atoms with Crippen LogP contribution in [0, 0.1) is 6.92 Å². The van der Waals surface area contributed by atoms with Gasteiger partial charge in [0.15, 0.2) is 0 Å². The molecule has 0 aliphatic carbocycles. The number of halogens is 3. The second kappa shape index (κ2) is 8.86. The monoisotopic (exact) mass is 405 g/mol. The Kier molecular flexibility index (Phi) is 6.47. The van der Waals surface area contributed by atoms with Crippen LogP contribution in [-0.4, -0.2) is 43.5 Å². The first-order valence-electron chi connectivity index (χ1n) is 9.80. The lowest BCUT2D eigenvalue weighted by Gasteiger charge is -2.36. The molecule has 1 heterocycles. The normalized spacial score (nSPS) is 15.4. The summed E-state index contributed by atoms with van der Waals surface area (Å²) in [4.78, 5) is 17.1. The molecule has 1 amide bonds. The zero-order valence-corrected chi connectivity index (χ0v) is 16.7. The molecule has 1 N–H and O–H groups in total. The van der Waals surface area contributed by atoms with Gasteiger partial charge in [0.2, 0.25) is 5.91 Å². The number of alkyl halides is 3. The summed E-state index contributed by atoms with van der Waals surface area (Å²) < 4.78 is 37.9. The zero-order chi connectivity index (χ0) is 21.0. The van der Waals surface area contributed by atoms with Gasteiger partial charge in [-0.15, -0.1) is 0 Å². The predicted octanol–water partition coefficient (Wildman–Crippen LogP) is 4.34. The fraction of sp³-hybridized carbons (Fsp3) is 0.409. The minimum atomic E-state index is -4.37. The summed E-state index contributed by atoms with van der Waals surface area (Å²) in [6, 6.07) is 10.5. The number of carbonyl (C=O) groups is 1. The van der Waals surface area contributed by atoms with Gasteiger partial charge in [0.05, 0.1) is 12.0 Å². The standard InChI is InChI=1S/C22H26F3N3O/c1-3-27-10-12-28(13-11-27)20-9-8-19(14-16(20)2)26-21(29)15-17-4-6-18(7-5-17)22(23,24)25/h4-9,14H,3,10-13,15H2,1-2H3,(H,26,29). The minimum Gasteiger partial charge on any atom is -0.369 e. The summed E-state index contributed by atoms with van der Waals surface area (Å²) in [6.45, 7) is 9.30. The molecule has 4 nitrogen and oxygen atoms in total. The maximum Gasteiger partial charge on any atom is 0.416 e. The van der Waals surface area contributed by atoms with Gasteiger partial charge in [0.25, 0.3) is 0 Å². The number of benzene rings is 2. The van der Waals surface area contributed by atoms with Crippen molar-refractivity contribution in [2.45, 2.75) is 26.4 Å². The highest BCUT2D eigenvalue weighted by Gasteiger charge is 2.30. The van der Waals surface area contributed by atoms with E-state index in [1.54, 1.807) is 0 Å². The van der Waals surface area contributed by atoms with Crippen LogP contribution in [0.3, 0.4) is 0 Å². The Labute approximate surface area is 169 Å². The molecule has 0 unspecified atom stereocenters. The smallest absolute Gasteiger partial charge is 0.369 e. The lowest BCUT2D eigenvalue weighted by molar-refractivity contribution is -0.137. The molecule has 0 atom stereocenters. The van der Waals surface area contributed by atoms with Gasteiger partial charge in [-0.1, -0.05) is 19.1 Å². The molecule has 156 valence electrons. The third-order valence-electron chi connectivity index (χ3n) is 5.29. The lowest BCUT2D eigenvalue weighted by atomic mass is 10.1. The van der Waals surface area contributed by atoms with E-state index in [0.717, 1.165) is 50.4 Å². The minimum absolute atomic E-state index is 0.0257. The summed E-state index contributed by atoms with van der Waals surface area (Å²) in [5, 5.41) is 2.83. The lowest BCUT2D eigenvalue weighted by Crippen LogP contribution is -2.46. The van der Waals surface area contributed by atoms with Crippen molar-refractivity contribution in [3.05, 3.63) is 59.2 Å². The van der Waals surface area contributed by atoms with E-state index in [-0.39, 0.29) is 12.3 Å². The Balaban J connectivity index is 1.59. The quantitative estimate of drug-likeness (QED) is 0.804. The molecule has 29 heavy (non-hydrogen) atoms. The summed E-state index contributed by atoms with van der Waals surface area (Å²) in [5.41, 5.74) is 2.77. The van der Waals surface area contributed by atoms with Crippen molar-refractivity contribution in [3.63, 3.8) is 0 Å². The molecule has 3 rings (SSSR count). The number of hydrogen-bond donors (Lipinski definition) is 1. The van der Waals surface area contributed by atoms with Gasteiger partial charge >= 0.3 is 6.18 Å². The summed E-state index contributed by atoms with van der Waals surface area (Å²) in [7, 11) is 0. The molecule has 1 saturated heterocycles. The molecule has 2 aromatic carbocycles. The number of likely N-dealkylation sites (N-methyl/N-ethyl adjacent to an activating group) is 1. The number of nitrogens with one attached hydrogen (secondary N) is 1. The highest BCUT2D eigenvalue weighted by Crippen LogP contribution is 2.29. The van der Waals surface area contributed by atoms with Gasteiger partial charge in [-0.3, -0.25) is 4.79 Å². The van der Waals surface area contributed by atoms with Crippen LogP contribution in [0.15, 0.2) is 42.5 Å². The molecular weight excluding hydrogens is 379 g/mol. The van der Waals surface area contributed by atoms with Gasteiger partial charge in [0, 0.05) is 37.6 Å². The van der Waals surface area contributed by atoms with Crippen LogP contribution in [-0.2, 0) is 17.4 Å². The Bertz CT molecular complexity index is 841. The van der Waals surface area contributed by atoms with E-state index >= 15 is 0 Å². The van der Waals surface area contributed by atoms with Crippen molar-refractivity contribution in [1.82, 2.24) is 4.90 Å². The Morgan fingerprint density at radius 3 is 2.24 bits per heavy atom. The van der Waals surface area contributed by atoms with Crippen LogP contribution < -0.4 is 10.2 Å². The number of rotatable bonds is 5. The van der Waals surface area contributed by atoms with Gasteiger partial charge in [-0.25, -0.2) is 0 Å². The number of nitrogens with zero attached hydrogens (tertiary/aromatic N) is 2. The van der Waals surface area contributed by atoms with Gasteiger partial charge in [-0.05, 0) is 54.9 Å². The van der Waals surface area contributed by atoms with Crippen molar-refractivity contribution in [3.8, 4) is 0 Å². The molecule has 2 aromatic rings. The Morgan fingerprint density at radius 2 is 1.69 bits per heavy atom. The Hall–Kier alpha value is -2.54. The van der Waals surface area contributed by atoms with Crippen LogP contribution in [0.4, 0.5) is 24.5 Å². The number of aryl methyl sites for hydroxylation is 1. The van der Waals surface area contributed by atoms with Gasteiger partial charge in [0.1, 0.15) is 0 Å². The van der Waals surface area contributed by atoms with E-state index in [1.807, 2.05) is 25.1 Å². The zero-order valence-electron chi connectivity index (χ0n) is 16.7. The van der Waals surface area contributed by atoms with Crippen molar-refractivity contribution in [2.24, 2.45) is 0 Å². The van der Waals surface area contributed by atoms with Crippen LogP contribution in [0.25, 0.3) is 0 Å². The van der Waals surface area contributed by atoms with E-state index in [1.165, 1.54) is 17.8 Å². The van der Waals surface area contributed by atoms with E-state index in [4.69, 9.17) is 0 Å². The molecular formula is C22H26F3N3O. The van der Waals surface area contributed by atoms with E-state index in [2.05, 4.69) is 22.0 Å². The summed E-state index contributed by atoms with van der Waals surface area (Å²) >= 11 is 0. The second-order valence-corrected chi connectivity index (χ2v) is 7.34. The topological polar surface area (TPSA) is 35.6 Å². The largest absolute Gasteiger partial charge is 0.416 e. The molecule has 0 aromatic heterocycles. The average molecular weight is 405 g/mol. The average Bonchev–Trinajstić information content (AvgIpc) is 2.68. The molecule has 1 fully saturated rings. The molecule has 0 saturated carbocycles. The van der Waals surface area contributed by atoms with Crippen LogP contribution in [0.1, 0.15) is 23.6 Å². The maximum absolute atomic E-state index is 12.6. The highest BCUT2D eigenvalue weighted by molar-refractivity contribution is 5.92. The number of piperazine rings is 1. The molecule has 0 spiro atoms.